The number of benzene rings is 1. The van der Waals surface area contributed by atoms with Gasteiger partial charge in [0, 0.05) is 19.1 Å². The molecule has 1 heterocycles. The molecular formula is C24H33N3O. The summed E-state index contributed by atoms with van der Waals surface area (Å²) in [6.07, 6.45) is 6.90. The fourth-order valence-corrected chi connectivity index (χ4v) is 7.25. The maximum absolute atomic E-state index is 14.0. The van der Waals surface area contributed by atoms with Gasteiger partial charge in [-0.2, -0.15) is 0 Å². The molecule has 28 heavy (non-hydrogen) atoms. The van der Waals surface area contributed by atoms with Crippen LogP contribution in [0.25, 0.3) is 0 Å². The van der Waals surface area contributed by atoms with Crippen molar-refractivity contribution in [3.63, 3.8) is 0 Å². The summed E-state index contributed by atoms with van der Waals surface area (Å²) in [5, 5.41) is 0. The van der Waals surface area contributed by atoms with Crippen molar-refractivity contribution in [1.82, 2.24) is 4.90 Å². The number of nitrogens with two attached hydrogens (primary N) is 2. The lowest BCUT2D eigenvalue weighted by Gasteiger charge is -2.47. The van der Waals surface area contributed by atoms with E-state index in [1.165, 1.54) is 11.1 Å². The van der Waals surface area contributed by atoms with E-state index in [4.69, 9.17) is 11.5 Å². The van der Waals surface area contributed by atoms with Crippen LogP contribution in [0.2, 0.25) is 0 Å². The second-order valence-corrected chi connectivity index (χ2v) is 10.6. The summed E-state index contributed by atoms with van der Waals surface area (Å²) in [5.41, 5.74) is 15.0. The quantitative estimate of drug-likeness (QED) is 0.829. The molecule has 4 unspecified atom stereocenters. The van der Waals surface area contributed by atoms with Gasteiger partial charge in [-0.3, -0.25) is 4.79 Å². The third-order valence-corrected chi connectivity index (χ3v) is 8.64. The Morgan fingerprint density at radius 1 is 1.18 bits per heavy atom. The standard InChI is InChI=1S/C24H33N3O/c1-22(2)15-27(9-8-20(22)26)21(28)24-11-16-10-23(14-24,12-19(24)18(16)13-25)17-6-4-3-5-7-17/h3-7,13,16,19-20H,8-12,14-15,25-26H2,1-2H3/b18-13-/t16?,19?,20-,23?,24?/m0/s1. The SMILES string of the molecule is CC1(C)CN(C(=O)C23CC4CC(c5ccccc5)(CC2/C4=C\N)C3)CC[C@@H]1N. The molecule has 1 amide bonds. The number of rotatable bonds is 2. The van der Waals surface area contributed by atoms with Crippen LogP contribution >= 0.6 is 0 Å². The van der Waals surface area contributed by atoms with E-state index in [1.54, 1.807) is 0 Å². The fraction of sp³-hybridized carbons (Fsp3) is 0.625. The molecule has 1 aromatic rings. The smallest absolute Gasteiger partial charge is 0.229 e. The maximum atomic E-state index is 14.0. The molecular weight excluding hydrogens is 346 g/mol. The topological polar surface area (TPSA) is 72.3 Å². The van der Waals surface area contributed by atoms with Crippen LogP contribution in [0, 0.1) is 22.7 Å². The molecule has 0 radical (unpaired) electrons. The zero-order chi connectivity index (χ0) is 19.7. The number of allylic oxidation sites excluding steroid dienone is 1. The summed E-state index contributed by atoms with van der Waals surface area (Å²) in [6, 6.07) is 11.1. The van der Waals surface area contributed by atoms with Crippen LogP contribution < -0.4 is 11.5 Å². The molecule has 4 N–H and O–H groups in total. The van der Waals surface area contributed by atoms with Crippen LogP contribution in [-0.2, 0) is 10.2 Å². The molecule has 5 atom stereocenters. The minimum atomic E-state index is -0.262. The summed E-state index contributed by atoms with van der Waals surface area (Å²) < 4.78 is 0. The first kappa shape index (κ1) is 18.2. The van der Waals surface area contributed by atoms with Gasteiger partial charge in [0.1, 0.15) is 0 Å². The molecule has 0 aromatic heterocycles. The van der Waals surface area contributed by atoms with Crippen LogP contribution in [-0.4, -0.2) is 29.9 Å². The number of likely N-dealkylation sites (tertiary alicyclic amines) is 1. The predicted molar refractivity (Wildman–Crippen MR) is 111 cm³/mol. The van der Waals surface area contributed by atoms with Crippen molar-refractivity contribution >= 4 is 5.91 Å². The Labute approximate surface area is 168 Å². The minimum Gasteiger partial charge on any atom is -0.405 e. The van der Waals surface area contributed by atoms with Crippen molar-refractivity contribution in [1.29, 1.82) is 0 Å². The molecule has 150 valence electrons. The Bertz CT molecular complexity index is 832. The van der Waals surface area contributed by atoms with Crippen molar-refractivity contribution in [3.8, 4) is 0 Å². The highest BCUT2D eigenvalue weighted by atomic mass is 16.2. The van der Waals surface area contributed by atoms with Crippen molar-refractivity contribution in [2.75, 3.05) is 13.1 Å². The van der Waals surface area contributed by atoms with E-state index >= 15 is 0 Å². The lowest BCUT2D eigenvalue weighted by Crippen LogP contribution is -2.57. The number of piperidine rings is 1. The van der Waals surface area contributed by atoms with E-state index in [9.17, 15) is 4.79 Å². The Morgan fingerprint density at radius 3 is 2.61 bits per heavy atom. The molecule has 4 aliphatic carbocycles. The van der Waals surface area contributed by atoms with Gasteiger partial charge in [0.15, 0.2) is 0 Å². The monoisotopic (exact) mass is 379 g/mol. The Hall–Kier alpha value is -1.81. The highest BCUT2D eigenvalue weighted by Crippen LogP contribution is 2.72. The molecule has 1 aliphatic heterocycles. The van der Waals surface area contributed by atoms with Gasteiger partial charge < -0.3 is 16.4 Å². The highest BCUT2D eigenvalue weighted by Gasteiger charge is 2.69. The van der Waals surface area contributed by atoms with Crippen LogP contribution in [0.15, 0.2) is 42.1 Å². The van der Waals surface area contributed by atoms with E-state index < -0.39 is 0 Å². The average Bonchev–Trinajstić information content (AvgIpc) is 3.06. The first-order chi connectivity index (χ1) is 13.3. The van der Waals surface area contributed by atoms with Gasteiger partial charge in [0.25, 0.3) is 0 Å². The summed E-state index contributed by atoms with van der Waals surface area (Å²) in [5.74, 6) is 1.14. The van der Waals surface area contributed by atoms with E-state index in [-0.39, 0.29) is 22.3 Å². The van der Waals surface area contributed by atoms with Gasteiger partial charge in [0.05, 0.1) is 5.41 Å². The largest absolute Gasteiger partial charge is 0.405 e. The van der Waals surface area contributed by atoms with E-state index in [0.717, 1.165) is 45.2 Å². The van der Waals surface area contributed by atoms with Crippen LogP contribution in [0.5, 0.6) is 0 Å². The third-order valence-electron chi connectivity index (χ3n) is 8.64. The molecule has 1 saturated heterocycles. The van der Waals surface area contributed by atoms with Gasteiger partial charge in [-0.15, -0.1) is 0 Å². The maximum Gasteiger partial charge on any atom is 0.229 e. The number of hydrogen-bond donors (Lipinski definition) is 2. The lowest BCUT2D eigenvalue weighted by atomic mass is 9.63. The first-order valence-corrected chi connectivity index (χ1v) is 10.8. The molecule has 1 aromatic carbocycles. The van der Waals surface area contributed by atoms with Gasteiger partial charge >= 0.3 is 0 Å². The Morgan fingerprint density at radius 2 is 1.93 bits per heavy atom. The Balaban J connectivity index is 1.52. The van der Waals surface area contributed by atoms with Crippen LogP contribution in [0.3, 0.4) is 0 Å². The van der Waals surface area contributed by atoms with Crippen LogP contribution in [0.1, 0.15) is 51.5 Å². The molecule has 5 aliphatic rings. The number of carbonyl (C=O) groups is 1. The zero-order valence-electron chi connectivity index (χ0n) is 17.2. The Kier molecular flexibility index (Phi) is 3.81. The zero-order valence-corrected chi connectivity index (χ0v) is 17.2. The van der Waals surface area contributed by atoms with Crippen molar-refractivity contribution in [3.05, 3.63) is 47.7 Å². The third kappa shape index (κ3) is 2.30. The normalized spacial score (nSPS) is 42.3. The number of hydrogen-bond acceptors (Lipinski definition) is 3. The van der Waals surface area contributed by atoms with Crippen LogP contribution in [0.4, 0.5) is 0 Å². The predicted octanol–water partition coefficient (Wildman–Crippen LogP) is 3.17. The molecule has 6 rings (SSSR count). The second-order valence-electron chi connectivity index (χ2n) is 10.6. The molecule has 5 fully saturated rings. The highest BCUT2D eigenvalue weighted by molar-refractivity contribution is 5.86. The van der Waals surface area contributed by atoms with E-state index in [0.29, 0.717) is 17.7 Å². The molecule has 0 spiro atoms. The lowest BCUT2D eigenvalue weighted by molar-refractivity contribution is -0.147. The van der Waals surface area contributed by atoms with Crippen molar-refractivity contribution in [2.45, 2.75) is 57.4 Å². The minimum absolute atomic E-state index is 0.0240. The summed E-state index contributed by atoms with van der Waals surface area (Å²) >= 11 is 0. The molecule has 4 bridgehead atoms. The van der Waals surface area contributed by atoms with Gasteiger partial charge in [-0.05, 0) is 72.1 Å². The van der Waals surface area contributed by atoms with Crippen molar-refractivity contribution < 1.29 is 4.79 Å². The summed E-state index contributed by atoms with van der Waals surface area (Å²) in [7, 11) is 0. The molecule has 4 nitrogen and oxygen atoms in total. The molecule has 4 heteroatoms. The van der Waals surface area contributed by atoms with E-state index in [2.05, 4.69) is 49.1 Å². The van der Waals surface area contributed by atoms with E-state index in [1.807, 2.05) is 6.20 Å². The number of carbonyl (C=O) groups excluding carboxylic acids is 1. The summed E-state index contributed by atoms with van der Waals surface area (Å²) in [6.45, 7) is 5.96. The number of nitrogens with zero attached hydrogens (tertiary/aromatic N) is 1. The van der Waals surface area contributed by atoms with Crippen molar-refractivity contribution in [2.24, 2.45) is 34.1 Å². The first-order valence-electron chi connectivity index (χ1n) is 10.8. The van der Waals surface area contributed by atoms with Gasteiger partial charge in [0.2, 0.25) is 5.91 Å². The molecule has 4 saturated carbocycles. The van der Waals surface area contributed by atoms with Gasteiger partial charge in [-0.25, -0.2) is 0 Å². The number of amides is 1. The summed E-state index contributed by atoms with van der Waals surface area (Å²) in [4.78, 5) is 16.2. The van der Waals surface area contributed by atoms with Gasteiger partial charge in [-0.1, -0.05) is 44.2 Å². The average molecular weight is 380 g/mol. The second kappa shape index (κ2) is 5.85. The fourth-order valence-electron chi connectivity index (χ4n) is 7.25.